The van der Waals surface area contributed by atoms with Crippen LogP contribution in [-0.2, 0) is 4.79 Å². The van der Waals surface area contributed by atoms with Gasteiger partial charge in [-0.15, -0.1) is 0 Å². The van der Waals surface area contributed by atoms with E-state index >= 15 is 0 Å². The SMILES string of the molecule is O=C(O)C1CCN(C(=O)O)C(c2ccc(Cl)c(F)c2)C1. The molecule has 20 heavy (non-hydrogen) atoms. The first kappa shape index (κ1) is 14.6. The van der Waals surface area contributed by atoms with Gasteiger partial charge in [-0.1, -0.05) is 17.7 Å². The summed E-state index contributed by atoms with van der Waals surface area (Å²) in [6.45, 7) is 0.112. The fourth-order valence-corrected chi connectivity index (χ4v) is 2.57. The van der Waals surface area contributed by atoms with Crippen LogP contribution < -0.4 is 0 Å². The maximum Gasteiger partial charge on any atom is 0.407 e. The van der Waals surface area contributed by atoms with Crippen molar-refractivity contribution in [3.05, 3.63) is 34.6 Å². The fourth-order valence-electron chi connectivity index (χ4n) is 2.45. The highest BCUT2D eigenvalue weighted by Crippen LogP contribution is 2.35. The van der Waals surface area contributed by atoms with Gasteiger partial charge in [-0.05, 0) is 30.5 Å². The second-order valence-electron chi connectivity index (χ2n) is 4.72. The van der Waals surface area contributed by atoms with Crippen LogP contribution in [0.25, 0.3) is 0 Å². The van der Waals surface area contributed by atoms with Crippen molar-refractivity contribution in [3.8, 4) is 0 Å². The van der Waals surface area contributed by atoms with E-state index in [0.717, 1.165) is 11.0 Å². The number of nitrogens with zero attached hydrogens (tertiary/aromatic N) is 1. The maximum absolute atomic E-state index is 13.5. The molecule has 0 radical (unpaired) electrons. The van der Waals surface area contributed by atoms with Crippen molar-refractivity contribution < 1.29 is 24.2 Å². The fraction of sp³-hybridized carbons (Fsp3) is 0.385. The van der Waals surface area contributed by atoms with E-state index in [0.29, 0.717) is 5.56 Å². The molecule has 1 aromatic carbocycles. The number of hydrogen-bond acceptors (Lipinski definition) is 2. The Morgan fingerprint density at radius 1 is 1.35 bits per heavy atom. The van der Waals surface area contributed by atoms with Gasteiger partial charge >= 0.3 is 12.1 Å². The molecule has 108 valence electrons. The average molecular weight is 302 g/mol. The van der Waals surface area contributed by atoms with Crippen molar-refractivity contribution in [3.63, 3.8) is 0 Å². The summed E-state index contributed by atoms with van der Waals surface area (Å²) in [4.78, 5) is 23.4. The summed E-state index contributed by atoms with van der Waals surface area (Å²) in [5.41, 5.74) is 0.417. The number of carbonyl (C=O) groups is 2. The minimum Gasteiger partial charge on any atom is -0.481 e. The number of likely N-dealkylation sites (tertiary alicyclic amines) is 1. The molecule has 0 aromatic heterocycles. The van der Waals surface area contributed by atoms with Crippen LogP contribution in [0.15, 0.2) is 18.2 Å². The van der Waals surface area contributed by atoms with Gasteiger partial charge in [-0.3, -0.25) is 4.79 Å². The van der Waals surface area contributed by atoms with E-state index in [9.17, 15) is 19.1 Å². The second kappa shape index (κ2) is 5.66. The first-order valence-corrected chi connectivity index (χ1v) is 6.45. The molecule has 0 spiro atoms. The van der Waals surface area contributed by atoms with Gasteiger partial charge < -0.3 is 15.1 Å². The monoisotopic (exact) mass is 301 g/mol. The van der Waals surface area contributed by atoms with Gasteiger partial charge in [0.25, 0.3) is 0 Å². The Labute approximate surface area is 119 Å². The summed E-state index contributed by atoms with van der Waals surface area (Å²) in [5.74, 6) is -2.24. The van der Waals surface area contributed by atoms with E-state index in [1.54, 1.807) is 0 Å². The molecule has 1 aliphatic heterocycles. The number of benzene rings is 1. The van der Waals surface area contributed by atoms with Gasteiger partial charge in [-0.25, -0.2) is 9.18 Å². The van der Waals surface area contributed by atoms with Crippen molar-refractivity contribution in [2.24, 2.45) is 5.92 Å². The molecule has 2 unspecified atom stereocenters. The average Bonchev–Trinajstić information content (AvgIpc) is 2.41. The Morgan fingerprint density at radius 3 is 2.60 bits per heavy atom. The lowest BCUT2D eigenvalue weighted by Gasteiger charge is -2.36. The number of aliphatic carboxylic acids is 1. The molecular formula is C13H13ClFNO4. The number of halogens is 2. The zero-order valence-electron chi connectivity index (χ0n) is 10.4. The third kappa shape index (κ3) is 2.85. The molecule has 5 nitrogen and oxygen atoms in total. The Balaban J connectivity index is 2.33. The zero-order valence-corrected chi connectivity index (χ0v) is 11.2. The molecule has 2 N–H and O–H groups in total. The molecule has 0 saturated carbocycles. The summed E-state index contributed by atoms with van der Waals surface area (Å²) in [6, 6.07) is 3.36. The summed E-state index contributed by atoms with van der Waals surface area (Å²) in [6.07, 6.45) is -0.758. The van der Waals surface area contributed by atoms with Gasteiger partial charge in [0.2, 0.25) is 0 Å². The van der Waals surface area contributed by atoms with Crippen molar-refractivity contribution in [1.82, 2.24) is 4.90 Å². The van der Waals surface area contributed by atoms with Crippen LogP contribution in [0.3, 0.4) is 0 Å². The number of carboxylic acids is 1. The highest BCUT2D eigenvalue weighted by molar-refractivity contribution is 6.30. The van der Waals surface area contributed by atoms with Crippen LogP contribution in [0.1, 0.15) is 24.4 Å². The molecule has 0 aliphatic carbocycles. The number of rotatable bonds is 2. The predicted molar refractivity (Wildman–Crippen MR) is 69.2 cm³/mol. The van der Waals surface area contributed by atoms with Crippen LogP contribution in [-0.4, -0.2) is 33.7 Å². The van der Waals surface area contributed by atoms with Crippen LogP contribution in [0.5, 0.6) is 0 Å². The molecule has 1 saturated heterocycles. The normalized spacial score (nSPS) is 22.6. The molecule has 1 amide bonds. The topological polar surface area (TPSA) is 77.8 Å². The van der Waals surface area contributed by atoms with Gasteiger partial charge in [0.1, 0.15) is 5.82 Å². The Bertz CT molecular complexity index is 551. The van der Waals surface area contributed by atoms with E-state index in [1.807, 2.05) is 0 Å². The first-order chi connectivity index (χ1) is 9.40. The van der Waals surface area contributed by atoms with Crippen molar-refractivity contribution in [1.29, 1.82) is 0 Å². The minimum absolute atomic E-state index is 0.0544. The molecule has 1 aliphatic rings. The Kier molecular flexibility index (Phi) is 4.13. The lowest BCUT2D eigenvalue weighted by atomic mass is 9.87. The van der Waals surface area contributed by atoms with E-state index in [4.69, 9.17) is 16.7 Å². The number of carboxylic acid groups (broad SMARTS) is 2. The van der Waals surface area contributed by atoms with Crippen LogP contribution in [0, 0.1) is 11.7 Å². The van der Waals surface area contributed by atoms with E-state index in [2.05, 4.69) is 0 Å². The molecular weight excluding hydrogens is 289 g/mol. The van der Waals surface area contributed by atoms with E-state index in [1.165, 1.54) is 12.1 Å². The highest BCUT2D eigenvalue weighted by Gasteiger charge is 2.35. The number of amides is 1. The van der Waals surface area contributed by atoms with Crippen molar-refractivity contribution >= 4 is 23.7 Å². The van der Waals surface area contributed by atoms with Gasteiger partial charge in [-0.2, -0.15) is 0 Å². The number of piperidine rings is 1. The predicted octanol–water partition coefficient (Wildman–Crippen LogP) is 2.99. The quantitative estimate of drug-likeness (QED) is 0.880. The standard InChI is InChI=1S/C13H13ClFNO4/c14-9-2-1-7(5-10(9)15)11-6-8(12(17)18)3-4-16(11)13(19)20/h1-2,5,8,11H,3-4,6H2,(H,17,18)(H,19,20). The van der Waals surface area contributed by atoms with Gasteiger partial charge in [0.05, 0.1) is 17.0 Å². The van der Waals surface area contributed by atoms with E-state index < -0.39 is 29.8 Å². The van der Waals surface area contributed by atoms with Gasteiger partial charge in [0.15, 0.2) is 0 Å². The second-order valence-corrected chi connectivity index (χ2v) is 5.13. The molecule has 0 bridgehead atoms. The lowest BCUT2D eigenvalue weighted by molar-refractivity contribution is -0.144. The molecule has 7 heteroatoms. The maximum atomic E-state index is 13.5. The lowest BCUT2D eigenvalue weighted by Crippen LogP contribution is -2.42. The summed E-state index contributed by atoms with van der Waals surface area (Å²) in [7, 11) is 0. The largest absolute Gasteiger partial charge is 0.481 e. The summed E-state index contributed by atoms with van der Waals surface area (Å²) >= 11 is 5.60. The molecule has 1 heterocycles. The third-order valence-electron chi connectivity index (χ3n) is 3.53. The van der Waals surface area contributed by atoms with Crippen molar-refractivity contribution in [2.45, 2.75) is 18.9 Å². The Morgan fingerprint density at radius 2 is 2.05 bits per heavy atom. The third-order valence-corrected chi connectivity index (χ3v) is 3.83. The zero-order chi connectivity index (χ0) is 14.9. The molecule has 1 aromatic rings. The van der Waals surface area contributed by atoms with Crippen LogP contribution >= 0.6 is 11.6 Å². The smallest absolute Gasteiger partial charge is 0.407 e. The van der Waals surface area contributed by atoms with Gasteiger partial charge in [0, 0.05) is 6.54 Å². The van der Waals surface area contributed by atoms with Crippen LogP contribution in [0.2, 0.25) is 5.02 Å². The molecule has 2 atom stereocenters. The summed E-state index contributed by atoms with van der Waals surface area (Å²) < 4.78 is 13.5. The van der Waals surface area contributed by atoms with E-state index in [-0.39, 0.29) is 24.4 Å². The summed E-state index contributed by atoms with van der Waals surface area (Å²) in [5, 5.41) is 18.2. The number of hydrogen-bond donors (Lipinski definition) is 2. The molecule has 1 fully saturated rings. The Hall–Kier alpha value is -1.82. The van der Waals surface area contributed by atoms with Crippen molar-refractivity contribution in [2.75, 3.05) is 6.54 Å². The highest BCUT2D eigenvalue weighted by atomic mass is 35.5. The minimum atomic E-state index is -1.14. The first-order valence-electron chi connectivity index (χ1n) is 6.07. The molecule has 2 rings (SSSR count). The van der Waals surface area contributed by atoms with Crippen LogP contribution in [0.4, 0.5) is 9.18 Å².